The first-order valence-corrected chi connectivity index (χ1v) is 8.92. The number of hydrogen-bond acceptors (Lipinski definition) is 6. The number of aryl methyl sites for hydroxylation is 1. The van der Waals surface area contributed by atoms with Crippen LogP contribution in [0.2, 0.25) is 0 Å². The molecule has 1 aliphatic heterocycles. The van der Waals surface area contributed by atoms with Crippen molar-refractivity contribution in [2.24, 2.45) is 14.1 Å². The fraction of sp³-hybridized carbons (Fsp3) is 0.562. The first kappa shape index (κ1) is 16.9. The van der Waals surface area contributed by atoms with Crippen LogP contribution in [0.5, 0.6) is 0 Å². The second kappa shape index (κ2) is 6.52. The van der Waals surface area contributed by atoms with E-state index in [0.717, 1.165) is 40.7 Å². The van der Waals surface area contributed by atoms with Gasteiger partial charge in [0.05, 0.1) is 5.69 Å². The zero-order chi connectivity index (χ0) is 17.4. The van der Waals surface area contributed by atoms with Crippen molar-refractivity contribution in [3.63, 3.8) is 0 Å². The van der Waals surface area contributed by atoms with Gasteiger partial charge in [-0.05, 0) is 13.8 Å². The van der Waals surface area contributed by atoms with Gasteiger partial charge in [0, 0.05) is 63.5 Å². The van der Waals surface area contributed by atoms with Crippen molar-refractivity contribution in [2.45, 2.75) is 26.4 Å². The first-order valence-electron chi connectivity index (χ1n) is 8.04. The van der Waals surface area contributed by atoms with Gasteiger partial charge in [-0.15, -0.1) is 11.3 Å². The van der Waals surface area contributed by atoms with Crippen molar-refractivity contribution in [3.05, 3.63) is 43.7 Å². The van der Waals surface area contributed by atoms with Crippen LogP contribution in [0.15, 0.2) is 21.0 Å². The van der Waals surface area contributed by atoms with E-state index in [4.69, 9.17) is 0 Å². The smallest absolute Gasteiger partial charge is 0.330 e. The van der Waals surface area contributed by atoms with Gasteiger partial charge in [0.2, 0.25) is 0 Å². The van der Waals surface area contributed by atoms with Gasteiger partial charge < -0.3 is 4.90 Å². The molecular weight excluding hydrogens is 326 g/mol. The van der Waals surface area contributed by atoms with Gasteiger partial charge in [-0.2, -0.15) is 0 Å². The molecule has 1 saturated heterocycles. The van der Waals surface area contributed by atoms with E-state index in [1.807, 2.05) is 6.92 Å². The van der Waals surface area contributed by atoms with Crippen LogP contribution in [0, 0.1) is 6.92 Å². The van der Waals surface area contributed by atoms with Gasteiger partial charge in [0.25, 0.3) is 5.56 Å². The highest BCUT2D eigenvalue weighted by atomic mass is 32.1. The molecule has 0 aliphatic carbocycles. The van der Waals surface area contributed by atoms with Gasteiger partial charge in [-0.3, -0.25) is 18.8 Å². The van der Waals surface area contributed by atoms with Gasteiger partial charge in [-0.1, -0.05) is 0 Å². The lowest BCUT2D eigenvalue weighted by atomic mass is 10.2. The summed E-state index contributed by atoms with van der Waals surface area (Å²) in [6.07, 6.45) is 0. The Kier molecular flexibility index (Phi) is 4.60. The van der Waals surface area contributed by atoms with Gasteiger partial charge in [-0.25, -0.2) is 9.78 Å². The molecule has 0 bridgehead atoms. The van der Waals surface area contributed by atoms with Crippen LogP contribution in [0.4, 0.5) is 5.13 Å². The second-order valence-electron chi connectivity index (χ2n) is 6.42. The number of piperazine rings is 1. The molecule has 0 unspecified atom stereocenters. The van der Waals surface area contributed by atoms with E-state index < -0.39 is 0 Å². The Bertz CT molecular complexity index is 853. The zero-order valence-electron chi connectivity index (χ0n) is 14.5. The van der Waals surface area contributed by atoms with Crippen LogP contribution in [-0.2, 0) is 20.6 Å². The Labute approximate surface area is 144 Å². The van der Waals surface area contributed by atoms with Crippen LogP contribution in [0.25, 0.3) is 0 Å². The van der Waals surface area contributed by atoms with Crippen LogP contribution >= 0.6 is 11.3 Å². The number of thiazole rings is 1. The van der Waals surface area contributed by atoms with Crippen LogP contribution in [-0.4, -0.2) is 44.7 Å². The molecule has 7 nitrogen and oxygen atoms in total. The van der Waals surface area contributed by atoms with E-state index in [9.17, 15) is 9.59 Å². The molecule has 3 heterocycles. The van der Waals surface area contributed by atoms with E-state index in [0.29, 0.717) is 12.6 Å². The number of anilines is 1. The molecule has 0 N–H and O–H groups in total. The molecule has 0 radical (unpaired) electrons. The molecule has 0 aromatic carbocycles. The molecule has 3 rings (SSSR count). The molecule has 2 aromatic heterocycles. The monoisotopic (exact) mass is 349 g/mol. The minimum Gasteiger partial charge on any atom is -0.343 e. The van der Waals surface area contributed by atoms with E-state index in [1.165, 1.54) is 7.05 Å². The van der Waals surface area contributed by atoms with Crippen molar-refractivity contribution in [1.82, 2.24) is 19.0 Å². The van der Waals surface area contributed by atoms with Gasteiger partial charge >= 0.3 is 5.69 Å². The maximum atomic E-state index is 12.0. The summed E-state index contributed by atoms with van der Waals surface area (Å²) in [7, 11) is 3.22. The Balaban J connectivity index is 1.73. The van der Waals surface area contributed by atoms with Crippen molar-refractivity contribution in [2.75, 3.05) is 24.5 Å². The average Bonchev–Trinajstić information content (AvgIpc) is 2.97. The standard InChI is InChI=1S/C16H23N5O2S/c1-11-10-24-15(17-11)21-6-5-20(8-12(21)2)9-13-7-14(22)19(4)16(23)18(13)3/h7,10,12H,5-6,8-9H2,1-4H3/t12-/m1/s1. The van der Waals surface area contributed by atoms with Gasteiger partial charge in [0.15, 0.2) is 5.13 Å². The Morgan fingerprint density at radius 2 is 2.00 bits per heavy atom. The summed E-state index contributed by atoms with van der Waals surface area (Å²) in [5.41, 5.74) is 1.29. The minimum atomic E-state index is -0.276. The van der Waals surface area contributed by atoms with Crippen molar-refractivity contribution in [3.8, 4) is 0 Å². The summed E-state index contributed by atoms with van der Waals surface area (Å²) in [6.45, 7) is 7.46. The number of rotatable bonds is 3. The maximum absolute atomic E-state index is 12.0. The minimum absolute atomic E-state index is 0.252. The predicted molar refractivity (Wildman–Crippen MR) is 95.9 cm³/mol. The highest BCUT2D eigenvalue weighted by Gasteiger charge is 2.26. The molecule has 0 spiro atoms. The normalized spacial score (nSPS) is 19.0. The van der Waals surface area contributed by atoms with E-state index in [-0.39, 0.29) is 11.2 Å². The quantitative estimate of drug-likeness (QED) is 0.810. The third-order valence-electron chi connectivity index (χ3n) is 4.58. The van der Waals surface area contributed by atoms with Crippen LogP contribution in [0.3, 0.4) is 0 Å². The fourth-order valence-corrected chi connectivity index (χ4v) is 4.03. The van der Waals surface area contributed by atoms with Crippen molar-refractivity contribution in [1.29, 1.82) is 0 Å². The Morgan fingerprint density at radius 3 is 2.62 bits per heavy atom. The molecule has 0 amide bonds. The molecule has 24 heavy (non-hydrogen) atoms. The molecule has 130 valence electrons. The third kappa shape index (κ3) is 3.16. The summed E-state index contributed by atoms with van der Waals surface area (Å²) in [4.78, 5) is 33.1. The van der Waals surface area contributed by atoms with Crippen LogP contribution in [0.1, 0.15) is 18.3 Å². The summed E-state index contributed by atoms with van der Waals surface area (Å²) in [5.74, 6) is 0. The average molecular weight is 349 g/mol. The second-order valence-corrected chi connectivity index (χ2v) is 7.26. The molecule has 1 aliphatic rings. The van der Waals surface area contributed by atoms with Gasteiger partial charge in [0.1, 0.15) is 0 Å². The summed E-state index contributed by atoms with van der Waals surface area (Å²) in [6, 6.07) is 1.90. The fourth-order valence-electron chi connectivity index (χ4n) is 3.09. The number of hydrogen-bond donors (Lipinski definition) is 0. The van der Waals surface area contributed by atoms with E-state index in [2.05, 4.69) is 27.1 Å². The highest BCUT2D eigenvalue weighted by Crippen LogP contribution is 2.24. The lowest BCUT2D eigenvalue weighted by Crippen LogP contribution is -2.52. The van der Waals surface area contributed by atoms with Crippen molar-refractivity contribution < 1.29 is 0 Å². The van der Waals surface area contributed by atoms with E-state index in [1.54, 1.807) is 29.0 Å². The molecule has 2 aromatic rings. The first-order chi connectivity index (χ1) is 11.4. The Hall–Kier alpha value is -1.93. The summed E-state index contributed by atoms with van der Waals surface area (Å²) >= 11 is 1.68. The predicted octanol–water partition coefficient (Wildman–Crippen LogP) is 0.560. The lowest BCUT2D eigenvalue weighted by molar-refractivity contribution is 0.215. The third-order valence-corrected chi connectivity index (χ3v) is 5.57. The summed E-state index contributed by atoms with van der Waals surface area (Å²) < 4.78 is 2.69. The zero-order valence-corrected chi connectivity index (χ0v) is 15.3. The Morgan fingerprint density at radius 1 is 1.25 bits per heavy atom. The van der Waals surface area contributed by atoms with E-state index >= 15 is 0 Å². The molecule has 1 fully saturated rings. The highest BCUT2D eigenvalue weighted by molar-refractivity contribution is 7.13. The molecule has 8 heteroatoms. The topological polar surface area (TPSA) is 63.4 Å². The summed E-state index contributed by atoms with van der Waals surface area (Å²) in [5, 5.41) is 3.14. The largest absolute Gasteiger partial charge is 0.343 e. The molecule has 1 atom stereocenters. The number of nitrogens with zero attached hydrogens (tertiary/aromatic N) is 5. The number of aromatic nitrogens is 3. The SMILES string of the molecule is Cc1csc(N2CCN(Cc3cc(=O)n(C)c(=O)n3C)C[C@H]2C)n1. The molecule has 0 saturated carbocycles. The molecular formula is C16H23N5O2S. The van der Waals surface area contributed by atoms with Crippen LogP contribution < -0.4 is 16.1 Å². The maximum Gasteiger partial charge on any atom is 0.330 e. The van der Waals surface area contributed by atoms with Crippen molar-refractivity contribution >= 4 is 16.5 Å². The lowest BCUT2D eigenvalue weighted by Gasteiger charge is -2.39.